The van der Waals surface area contributed by atoms with E-state index >= 15 is 0 Å². The van der Waals surface area contributed by atoms with Crippen LogP contribution >= 0.6 is 22.9 Å². The maximum absolute atomic E-state index is 11.2. The quantitative estimate of drug-likeness (QED) is 0.797. The zero-order valence-corrected chi connectivity index (χ0v) is 10.9. The van der Waals surface area contributed by atoms with Crippen LogP contribution in [0.25, 0.3) is 10.6 Å². The smallest absolute Gasteiger partial charge is 0.171 e. The molecular formula is C12H10ClNO2S. The molecule has 1 aromatic carbocycles. The molecule has 1 aromatic heterocycles. The molecule has 2 aromatic rings. The molecule has 2 rings (SSSR count). The van der Waals surface area contributed by atoms with Gasteiger partial charge in [-0.1, -0.05) is 11.6 Å². The fraction of sp³-hybridized carbons (Fsp3) is 0.167. The van der Waals surface area contributed by atoms with Crippen LogP contribution in [0, 0.1) is 0 Å². The number of hydrogen-bond donors (Lipinski definition) is 0. The first kappa shape index (κ1) is 12.1. The summed E-state index contributed by atoms with van der Waals surface area (Å²) in [6.07, 6.45) is 1.58. The summed E-state index contributed by atoms with van der Waals surface area (Å²) in [5, 5.41) is 1.31. The molecule has 0 fully saturated rings. The number of ketones is 1. The van der Waals surface area contributed by atoms with Gasteiger partial charge in [0, 0.05) is 18.7 Å². The van der Waals surface area contributed by atoms with Crippen molar-refractivity contribution in [2.75, 3.05) is 7.11 Å². The molecule has 0 radical (unpaired) electrons. The number of carbonyl (C=O) groups excluding carboxylic acids is 1. The topological polar surface area (TPSA) is 39.2 Å². The number of methoxy groups -OCH3 is 1. The molecular weight excluding hydrogens is 258 g/mol. The molecule has 0 spiro atoms. The third-order valence-electron chi connectivity index (χ3n) is 2.25. The lowest BCUT2D eigenvalue weighted by atomic mass is 10.2. The molecule has 3 nitrogen and oxygen atoms in total. The predicted octanol–water partition coefficient (Wildman–Crippen LogP) is 3.67. The number of hydrogen-bond acceptors (Lipinski definition) is 4. The highest BCUT2D eigenvalue weighted by atomic mass is 35.5. The van der Waals surface area contributed by atoms with Gasteiger partial charge < -0.3 is 4.74 Å². The Morgan fingerprint density at radius 2 is 2.24 bits per heavy atom. The Labute approximate surface area is 108 Å². The average molecular weight is 268 g/mol. The monoisotopic (exact) mass is 267 g/mol. The van der Waals surface area contributed by atoms with Crippen molar-refractivity contribution in [2.24, 2.45) is 0 Å². The van der Waals surface area contributed by atoms with Gasteiger partial charge in [0.15, 0.2) is 5.78 Å². The fourth-order valence-electron chi connectivity index (χ4n) is 1.37. The van der Waals surface area contributed by atoms with Gasteiger partial charge in [-0.15, -0.1) is 11.3 Å². The normalized spacial score (nSPS) is 10.3. The zero-order chi connectivity index (χ0) is 12.4. The summed E-state index contributed by atoms with van der Waals surface area (Å²) in [4.78, 5) is 16.0. The number of Topliss-reactive ketones (excluding diaryl/α,β-unsaturated/α-hetero) is 1. The Kier molecular flexibility index (Phi) is 3.45. The summed E-state index contributed by atoms with van der Waals surface area (Å²) in [5.74, 6) is 0.645. The minimum atomic E-state index is 0.0216. The van der Waals surface area contributed by atoms with E-state index in [-0.39, 0.29) is 5.78 Å². The van der Waals surface area contributed by atoms with Crippen molar-refractivity contribution < 1.29 is 9.53 Å². The number of benzene rings is 1. The third kappa shape index (κ3) is 2.48. The molecule has 0 amide bonds. The van der Waals surface area contributed by atoms with Crippen molar-refractivity contribution in [1.82, 2.24) is 4.98 Å². The van der Waals surface area contributed by atoms with E-state index in [0.29, 0.717) is 15.6 Å². The largest absolute Gasteiger partial charge is 0.495 e. The summed E-state index contributed by atoms with van der Waals surface area (Å²) in [6.45, 7) is 1.53. The first-order valence-electron chi connectivity index (χ1n) is 4.92. The van der Waals surface area contributed by atoms with Crippen LogP contribution in [0.1, 0.15) is 16.6 Å². The average Bonchev–Trinajstić information content (AvgIpc) is 2.78. The van der Waals surface area contributed by atoms with Gasteiger partial charge in [-0.25, -0.2) is 4.98 Å². The van der Waals surface area contributed by atoms with Crippen molar-refractivity contribution in [3.8, 4) is 16.3 Å². The Balaban J connectivity index is 2.39. The van der Waals surface area contributed by atoms with Crippen molar-refractivity contribution in [2.45, 2.75) is 6.92 Å². The van der Waals surface area contributed by atoms with E-state index in [1.165, 1.54) is 18.3 Å². The number of halogens is 1. The maximum Gasteiger partial charge on any atom is 0.171 e. The van der Waals surface area contributed by atoms with Gasteiger partial charge in [0.25, 0.3) is 0 Å². The van der Waals surface area contributed by atoms with Gasteiger partial charge in [0.2, 0.25) is 0 Å². The van der Waals surface area contributed by atoms with Crippen molar-refractivity contribution in [1.29, 1.82) is 0 Å². The van der Waals surface area contributed by atoms with Crippen LogP contribution in [0.4, 0.5) is 0 Å². The first-order valence-corrected chi connectivity index (χ1v) is 6.12. The van der Waals surface area contributed by atoms with Gasteiger partial charge in [0.05, 0.1) is 17.0 Å². The molecule has 1 heterocycles. The van der Waals surface area contributed by atoms with Crippen LogP contribution in [0.3, 0.4) is 0 Å². The highest BCUT2D eigenvalue weighted by Crippen LogP contribution is 2.32. The van der Waals surface area contributed by atoms with E-state index in [2.05, 4.69) is 4.98 Å². The number of ether oxygens (including phenoxy) is 1. The van der Waals surface area contributed by atoms with Crippen molar-refractivity contribution in [3.05, 3.63) is 34.3 Å². The van der Waals surface area contributed by atoms with Gasteiger partial charge >= 0.3 is 0 Å². The van der Waals surface area contributed by atoms with E-state index in [1.807, 2.05) is 6.07 Å². The van der Waals surface area contributed by atoms with Crippen LogP contribution < -0.4 is 4.74 Å². The molecule has 0 aliphatic heterocycles. The van der Waals surface area contributed by atoms with Gasteiger partial charge in [-0.2, -0.15) is 0 Å². The van der Waals surface area contributed by atoms with E-state index < -0.39 is 0 Å². The Morgan fingerprint density at radius 1 is 1.47 bits per heavy atom. The molecule has 0 atom stereocenters. The lowest BCUT2D eigenvalue weighted by Gasteiger charge is -2.03. The van der Waals surface area contributed by atoms with E-state index in [1.54, 1.807) is 25.4 Å². The fourth-order valence-corrected chi connectivity index (χ4v) is 2.44. The summed E-state index contributed by atoms with van der Waals surface area (Å²) in [5.41, 5.74) is 0.883. The van der Waals surface area contributed by atoms with Crippen LogP contribution in [-0.4, -0.2) is 17.9 Å². The second-order valence-electron chi connectivity index (χ2n) is 3.44. The number of rotatable bonds is 3. The Morgan fingerprint density at radius 3 is 2.76 bits per heavy atom. The third-order valence-corrected chi connectivity index (χ3v) is 3.69. The van der Waals surface area contributed by atoms with Crippen LogP contribution in [0.2, 0.25) is 5.02 Å². The number of thiazole rings is 1. The molecule has 0 saturated carbocycles. The maximum atomic E-state index is 11.2. The number of nitrogens with zero attached hydrogens (tertiary/aromatic N) is 1. The molecule has 5 heteroatoms. The van der Waals surface area contributed by atoms with Crippen molar-refractivity contribution >= 4 is 28.7 Å². The van der Waals surface area contributed by atoms with Gasteiger partial charge in [0.1, 0.15) is 10.8 Å². The second kappa shape index (κ2) is 4.85. The lowest BCUT2D eigenvalue weighted by molar-refractivity contribution is 0.102. The number of carbonyl (C=O) groups is 1. The molecule has 17 heavy (non-hydrogen) atoms. The zero-order valence-electron chi connectivity index (χ0n) is 9.36. The molecule has 88 valence electrons. The van der Waals surface area contributed by atoms with E-state index in [4.69, 9.17) is 16.3 Å². The second-order valence-corrected chi connectivity index (χ2v) is 4.87. The predicted molar refractivity (Wildman–Crippen MR) is 69.1 cm³/mol. The first-order chi connectivity index (χ1) is 8.11. The SMILES string of the molecule is COc1ccc(-c2ncc(C(C)=O)s2)cc1Cl. The summed E-state index contributed by atoms with van der Waals surface area (Å²) >= 11 is 7.39. The molecule has 0 saturated heterocycles. The summed E-state index contributed by atoms with van der Waals surface area (Å²) in [6, 6.07) is 5.43. The Hall–Kier alpha value is -1.39. The van der Waals surface area contributed by atoms with Gasteiger partial charge in [-0.3, -0.25) is 4.79 Å². The highest BCUT2D eigenvalue weighted by molar-refractivity contribution is 7.16. The minimum absolute atomic E-state index is 0.0216. The molecule has 0 unspecified atom stereocenters. The van der Waals surface area contributed by atoms with E-state index in [0.717, 1.165) is 10.6 Å². The highest BCUT2D eigenvalue weighted by Gasteiger charge is 2.09. The molecule has 0 aliphatic carbocycles. The molecule has 0 bridgehead atoms. The van der Waals surface area contributed by atoms with Crippen LogP contribution in [0.5, 0.6) is 5.75 Å². The van der Waals surface area contributed by atoms with Crippen molar-refractivity contribution in [3.63, 3.8) is 0 Å². The summed E-state index contributed by atoms with van der Waals surface area (Å²) in [7, 11) is 1.57. The molecule has 0 aliphatic rings. The van der Waals surface area contributed by atoms with Crippen LogP contribution in [-0.2, 0) is 0 Å². The Bertz CT molecular complexity index is 565. The van der Waals surface area contributed by atoms with Crippen LogP contribution in [0.15, 0.2) is 24.4 Å². The summed E-state index contributed by atoms with van der Waals surface area (Å²) < 4.78 is 5.08. The van der Waals surface area contributed by atoms with Gasteiger partial charge in [-0.05, 0) is 18.2 Å². The van der Waals surface area contributed by atoms with E-state index in [9.17, 15) is 4.79 Å². The minimum Gasteiger partial charge on any atom is -0.495 e. The standard InChI is InChI=1S/C12H10ClNO2S/c1-7(15)11-6-14-12(17-11)8-3-4-10(16-2)9(13)5-8/h3-6H,1-2H3. The number of aromatic nitrogens is 1. The lowest BCUT2D eigenvalue weighted by Crippen LogP contribution is -1.84. The molecule has 0 N–H and O–H groups in total.